The molecule has 0 aliphatic carbocycles. The van der Waals surface area contributed by atoms with Crippen molar-refractivity contribution in [2.75, 3.05) is 5.43 Å². The van der Waals surface area contributed by atoms with Crippen LogP contribution >= 0.6 is 0 Å². The Morgan fingerprint density at radius 3 is 2.75 bits per heavy atom. The number of anilines is 1. The van der Waals surface area contributed by atoms with Gasteiger partial charge in [0.15, 0.2) is 0 Å². The van der Waals surface area contributed by atoms with Crippen LogP contribution in [0.3, 0.4) is 0 Å². The topological polar surface area (TPSA) is 50.9 Å². The van der Waals surface area contributed by atoms with Gasteiger partial charge in [-0.2, -0.15) is 0 Å². The van der Waals surface area contributed by atoms with Gasteiger partial charge in [0.05, 0.1) is 5.69 Å². The molecule has 0 saturated carbocycles. The van der Waals surface area contributed by atoms with Crippen molar-refractivity contribution < 1.29 is 4.39 Å². The van der Waals surface area contributed by atoms with E-state index in [1.807, 2.05) is 19.9 Å². The fourth-order valence-electron chi connectivity index (χ4n) is 1.65. The third kappa shape index (κ3) is 1.72. The molecular weight excluding hydrogens is 205 g/mol. The van der Waals surface area contributed by atoms with Gasteiger partial charge < -0.3 is 5.43 Å². The Kier molecular flexibility index (Phi) is 2.75. The first kappa shape index (κ1) is 10.8. The van der Waals surface area contributed by atoms with Crippen molar-refractivity contribution in [3.8, 4) is 0 Å². The van der Waals surface area contributed by atoms with Gasteiger partial charge in [-0.15, -0.1) is 0 Å². The van der Waals surface area contributed by atoms with Crippen LogP contribution in [0.2, 0.25) is 0 Å². The molecule has 2 aromatic rings. The minimum absolute atomic E-state index is 0.233. The molecule has 1 aromatic carbocycles. The van der Waals surface area contributed by atoms with Crippen LogP contribution in [0.5, 0.6) is 0 Å². The number of aromatic nitrogens is 1. The fraction of sp³-hybridized carbons (Fsp3) is 0.250. The lowest BCUT2D eigenvalue weighted by molar-refractivity contribution is 0.635. The molecule has 3 N–H and O–H groups in total. The molecule has 0 atom stereocenters. The average Bonchev–Trinajstić information content (AvgIpc) is 2.28. The normalized spacial score (nSPS) is 11.1. The summed E-state index contributed by atoms with van der Waals surface area (Å²) >= 11 is 0. The molecule has 0 saturated heterocycles. The summed E-state index contributed by atoms with van der Waals surface area (Å²) in [6, 6.07) is 6.70. The van der Waals surface area contributed by atoms with E-state index in [2.05, 4.69) is 10.4 Å². The summed E-state index contributed by atoms with van der Waals surface area (Å²) in [6.07, 6.45) is 0. The zero-order chi connectivity index (χ0) is 11.7. The molecule has 1 heterocycles. The molecule has 0 radical (unpaired) electrons. The zero-order valence-electron chi connectivity index (χ0n) is 9.29. The van der Waals surface area contributed by atoms with Crippen LogP contribution in [-0.2, 0) is 0 Å². The number of halogens is 1. The molecule has 3 nitrogen and oxygen atoms in total. The van der Waals surface area contributed by atoms with E-state index >= 15 is 0 Å². The highest BCUT2D eigenvalue weighted by molar-refractivity contribution is 5.91. The number of nitrogens with two attached hydrogens (primary N) is 1. The van der Waals surface area contributed by atoms with Crippen LogP contribution in [0.4, 0.5) is 10.1 Å². The highest BCUT2D eigenvalue weighted by Crippen LogP contribution is 2.27. The Balaban J connectivity index is 2.79. The van der Waals surface area contributed by atoms with E-state index in [1.54, 1.807) is 12.1 Å². The minimum atomic E-state index is -0.323. The lowest BCUT2D eigenvalue weighted by Gasteiger charge is -2.11. The number of nitrogens with zero attached hydrogens (tertiary/aromatic N) is 1. The number of nitrogens with one attached hydrogen (secondary N) is 1. The second-order valence-corrected chi connectivity index (χ2v) is 4.03. The van der Waals surface area contributed by atoms with Gasteiger partial charge in [0.1, 0.15) is 11.3 Å². The Morgan fingerprint density at radius 1 is 1.38 bits per heavy atom. The molecular formula is C12H14FN3. The van der Waals surface area contributed by atoms with Crippen molar-refractivity contribution >= 4 is 16.6 Å². The Hall–Kier alpha value is -1.68. The van der Waals surface area contributed by atoms with E-state index in [0.29, 0.717) is 16.6 Å². The predicted octanol–water partition coefficient (Wildman–Crippen LogP) is 2.78. The summed E-state index contributed by atoms with van der Waals surface area (Å²) in [6.45, 7) is 4.02. The lowest BCUT2D eigenvalue weighted by atomic mass is 10.1. The first-order chi connectivity index (χ1) is 7.63. The summed E-state index contributed by atoms with van der Waals surface area (Å²) in [4.78, 5) is 4.31. The molecule has 84 valence electrons. The van der Waals surface area contributed by atoms with Gasteiger partial charge in [-0.3, -0.25) is 5.84 Å². The van der Waals surface area contributed by atoms with Gasteiger partial charge in [0.25, 0.3) is 0 Å². The highest BCUT2D eigenvalue weighted by Gasteiger charge is 2.10. The van der Waals surface area contributed by atoms with Crippen molar-refractivity contribution in [1.29, 1.82) is 0 Å². The standard InChI is InChI=1S/C12H14FN3/c1-7(2)10-6-11(16-14)8-4-3-5-9(13)12(8)15-10/h3-7H,14H2,1-2H3,(H,15,16). The van der Waals surface area contributed by atoms with E-state index in [1.165, 1.54) is 6.07 Å². The van der Waals surface area contributed by atoms with Crippen molar-refractivity contribution in [3.63, 3.8) is 0 Å². The van der Waals surface area contributed by atoms with Gasteiger partial charge in [-0.05, 0) is 18.1 Å². The molecule has 0 amide bonds. The molecule has 2 rings (SSSR count). The largest absolute Gasteiger partial charge is 0.323 e. The number of hydrogen-bond donors (Lipinski definition) is 2. The molecule has 16 heavy (non-hydrogen) atoms. The second-order valence-electron chi connectivity index (χ2n) is 4.03. The Bertz CT molecular complexity index is 523. The molecule has 0 unspecified atom stereocenters. The quantitative estimate of drug-likeness (QED) is 0.603. The van der Waals surface area contributed by atoms with E-state index in [-0.39, 0.29) is 11.7 Å². The number of nitrogen functional groups attached to an aromatic ring is 1. The van der Waals surface area contributed by atoms with Crippen LogP contribution in [-0.4, -0.2) is 4.98 Å². The average molecular weight is 219 g/mol. The van der Waals surface area contributed by atoms with Gasteiger partial charge >= 0.3 is 0 Å². The number of para-hydroxylation sites is 1. The summed E-state index contributed by atoms with van der Waals surface area (Å²) in [5.74, 6) is 5.34. The van der Waals surface area contributed by atoms with Gasteiger partial charge in [0.2, 0.25) is 0 Å². The monoisotopic (exact) mass is 219 g/mol. The number of hydrogen-bond acceptors (Lipinski definition) is 3. The van der Waals surface area contributed by atoms with Crippen LogP contribution < -0.4 is 11.3 Å². The molecule has 4 heteroatoms. The summed E-state index contributed by atoms with van der Waals surface area (Å²) in [7, 11) is 0. The number of pyridine rings is 1. The van der Waals surface area contributed by atoms with Gasteiger partial charge in [-0.25, -0.2) is 9.37 Å². The SMILES string of the molecule is CC(C)c1cc(NN)c2cccc(F)c2n1. The van der Waals surface area contributed by atoms with E-state index in [9.17, 15) is 4.39 Å². The van der Waals surface area contributed by atoms with Crippen molar-refractivity contribution in [1.82, 2.24) is 4.98 Å². The van der Waals surface area contributed by atoms with Gasteiger partial charge in [-0.1, -0.05) is 26.0 Å². The molecule has 1 aromatic heterocycles. The van der Waals surface area contributed by atoms with Crippen LogP contribution in [0.15, 0.2) is 24.3 Å². The Labute approximate surface area is 93.5 Å². The van der Waals surface area contributed by atoms with E-state index in [0.717, 1.165) is 5.69 Å². The Morgan fingerprint density at radius 2 is 2.12 bits per heavy atom. The molecule has 0 aliphatic rings. The third-order valence-electron chi connectivity index (χ3n) is 2.56. The smallest absolute Gasteiger partial charge is 0.149 e. The van der Waals surface area contributed by atoms with Crippen molar-refractivity contribution in [2.45, 2.75) is 19.8 Å². The second kappa shape index (κ2) is 4.06. The highest BCUT2D eigenvalue weighted by atomic mass is 19.1. The number of hydrazine groups is 1. The maximum atomic E-state index is 13.6. The van der Waals surface area contributed by atoms with Crippen LogP contribution in [0.1, 0.15) is 25.5 Å². The molecule has 0 bridgehead atoms. The molecule has 0 fully saturated rings. The van der Waals surface area contributed by atoms with Crippen molar-refractivity contribution in [3.05, 3.63) is 35.8 Å². The van der Waals surface area contributed by atoms with Crippen molar-refractivity contribution in [2.24, 2.45) is 5.84 Å². The maximum absolute atomic E-state index is 13.6. The van der Waals surface area contributed by atoms with E-state index in [4.69, 9.17) is 5.84 Å². The first-order valence-electron chi connectivity index (χ1n) is 5.19. The van der Waals surface area contributed by atoms with E-state index < -0.39 is 0 Å². The number of fused-ring (bicyclic) bond motifs is 1. The van der Waals surface area contributed by atoms with Crippen LogP contribution in [0, 0.1) is 5.82 Å². The summed E-state index contributed by atoms with van der Waals surface area (Å²) in [5, 5.41) is 0.701. The fourth-order valence-corrected chi connectivity index (χ4v) is 1.65. The lowest BCUT2D eigenvalue weighted by Crippen LogP contribution is -2.09. The maximum Gasteiger partial charge on any atom is 0.149 e. The summed E-state index contributed by atoms with van der Waals surface area (Å²) < 4.78 is 13.6. The number of rotatable bonds is 2. The summed E-state index contributed by atoms with van der Waals surface area (Å²) in [5.41, 5.74) is 4.48. The first-order valence-corrected chi connectivity index (χ1v) is 5.19. The number of benzene rings is 1. The third-order valence-corrected chi connectivity index (χ3v) is 2.56. The minimum Gasteiger partial charge on any atom is -0.323 e. The molecule has 0 spiro atoms. The van der Waals surface area contributed by atoms with Gasteiger partial charge in [0, 0.05) is 11.1 Å². The zero-order valence-corrected chi connectivity index (χ0v) is 9.29. The predicted molar refractivity (Wildman–Crippen MR) is 63.6 cm³/mol. The molecule has 0 aliphatic heterocycles. The van der Waals surface area contributed by atoms with Crippen LogP contribution in [0.25, 0.3) is 10.9 Å².